The number of carbonyl (C=O) groups is 1. The topological polar surface area (TPSA) is 67.5 Å². The number of benzene rings is 2. The van der Waals surface area contributed by atoms with Gasteiger partial charge in [0.05, 0.1) is 10.9 Å². The maximum Gasteiger partial charge on any atom is 0.290 e. The van der Waals surface area contributed by atoms with E-state index >= 15 is 0 Å². The Bertz CT molecular complexity index is 910. The summed E-state index contributed by atoms with van der Waals surface area (Å²) in [6, 6.07) is 15.9. The molecule has 0 aliphatic heterocycles. The van der Waals surface area contributed by atoms with E-state index in [4.69, 9.17) is 4.42 Å². The third kappa shape index (κ3) is 2.88. The molecule has 0 bridgehead atoms. The zero-order valence-electron chi connectivity index (χ0n) is 12.7. The molecule has 1 atom stereocenters. The summed E-state index contributed by atoms with van der Waals surface area (Å²) in [4.78, 5) is 24.5. The molecule has 4 heteroatoms. The highest BCUT2D eigenvalue weighted by molar-refractivity contribution is 5.80. The molecule has 1 heterocycles. The highest BCUT2D eigenvalue weighted by atomic mass is 16.5. The molecule has 0 spiro atoms. The van der Waals surface area contributed by atoms with Gasteiger partial charge in [0.2, 0.25) is 5.43 Å². The number of rotatable bonds is 4. The van der Waals surface area contributed by atoms with Crippen LogP contribution in [0, 0.1) is 0 Å². The van der Waals surface area contributed by atoms with Crippen LogP contribution in [0.25, 0.3) is 11.0 Å². The number of Topliss-reactive ketones (excluding diaryl/α,β-unsaturated/α-hetero) is 1. The Hall–Kier alpha value is -2.88. The van der Waals surface area contributed by atoms with E-state index in [2.05, 4.69) is 0 Å². The number of ketones is 1. The predicted molar refractivity (Wildman–Crippen MR) is 87.7 cm³/mol. The van der Waals surface area contributed by atoms with Gasteiger partial charge in [0, 0.05) is 12.3 Å². The minimum atomic E-state index is -0.533. The standard InChI is InChI=1S/C19H16O4/c1-12(20)11-15(13-7-3-2-4-8-13)17-18(21)14-9-5-6-10-16(14)23-19(17)22/h2-10,15,22H,11H2,1H3/t15-/m1/s1. The summed E-state index contributed by atoms with van der Waals surface area (Å²) >= 11 is 0. The summed E-state index contributed by atoms with van der Waals surface area (Å²) in [5.41, 5.74) is 0.943. The molecule has 1 N–H and O–H groups in total. The first kappa shape index (κ1) is 15.0. The van der Waals surface area contributed by atoms with Crippen molar-refractivity contribution in [2.75, 3.05) is 0 Å². The maximum absolute atomic E-state index is 12.8. The molecule has 23 heavy (non-hydrogen) atoms. The molecule has 4 nitrogen and oxygen atoms in total. The summed E-state index contributed by atoms with van der Waals surface area (Å²) in [5, 5.41) is 10.6. The average molecular weight is 308 g/mol. The molecule has 0 aliphatic carbocycles. The van der Waals surface area contributed by atoms with Gasteiger partial charge in [-0.1, -0.05) is 42.5 Å². The molecule has 0 unspecified atom stereocenters. The fourth-order valence-electron chi connectivity index (χ4n) is 2.81. The van der Waals surface area contributed by atoms with Crippen molar-refractivity contribution in [3.8, 4) is 5.95 Å². The Kier molecular flexibility index (Phi) is 3.98. The SMILES string of the molecule is CC(=O)C[C@H](c1ccccc1)c1c(O)oc2ccccc2c1=O. The molecule has 1 aromatic heterocycles. The Balaban J connectivity index is 2.26. The van der Waals surface area contributed by atoms with E-state index in [1.807, 2.05) is 30.3 Å². The Morgan fingerprint density at radius 2 is 1.74 bits per heavy atom. The van der Waals surface area contributed by atoms with Crippen molar-refractivity contribution in [2.45, 2.75) is 19.3 Å². The zero-order chi connectivity index (χ0) is 16.4. The lowest BCUT2D eigenvalue weighted by Gasteiger charge is -2.16. The third-order valence-corrected chi connectivity index (χ3v) is 3.86. The first-order valence-corrected chi connectivity index (χ1v) is 7.37. The van der Waals surface area contributed by atoms with Gasteiger partial charge in [0.25, 0.3) is 5.95 Å². The van der Waals surface area contributed by atoms with Gasteiger partial charge in [0.15, 0.2) is 0 Å². The molecule has 116 valence electrons. The largest absolute Gasteiger partial charge is 0.480 e. The summed E-state index contributed by atoms with van der Waals surface area (Å²) < 4.78 is 5.40. The van der Waals surface area contributed by atoms with Crippen LogP contribution in [0.15, 0.2) is 63.8 Å². The van der Waals surface area contributed by atoms with Gasteiger partial charge >= 0.3 is 0 Å². The van der Waals surface area contributed by atoms with Crippen LogP contribution in [0.4, 0.5) is 0 Å². The Morgan fingerprint density at radius 1 is 1.09 bits per heavy atom. The Morgan fingerprint density at radius 3 is 2.43 bits per heavy atom. The second kappa shape index (κ2) is 6.08. The highest BCUT2D eigenvalue weighted by Crippen LogP contribution is 2.33. The normalized spacial score (nSPS) is 12.2. The fraction of sp³-hybridized carbons (Fsp3) is 0.158. The lowest BCUT2D eigenvalue weighted by Crippen LogP contribution is -2.17. The molecule has 3 rings (SSSR count). The van der Waals surface area contributed by atoms with Gasteiger partial charge in [-0.25, -0.2) is 0 Å². The van der Waals surface area contributed by atoms with Gasteiger partial charge in [-0.05, 0) is 24.6 Å². The Labute approximate surface area is 133 Å². The van der Waals surface area contributed by atoms with Gasteiger partial charge < -0.3 is 9.52 Å². The van der Waals surface area contributed by atoms with Gasteiger partial charge in [-0.3, -0.25) is 9.59 Å². The molecular weight excluding hydrogens is 292 g/mol. The number of hydrogen-bond donors (Lipinski definition) is 1. The van der Waals surface area contributed by atoms with Crippen molar-refractivity contribution in [1.29, 1.82) is 0 Å². The van der Waals surface area contributed by atoms with Crippen LogP contribution in [-0.2, 0) is 4.79 Å². The van der Waals surface area contributed by atoms with Crippen LogP contribution in [0.1, 0.15) is 30.4 Å². The van der Waals surface area contributed by atoms with E-state index < -0.39 is 11.9 Å². The summed E-state index contributed by atoms with van der Waals surface area (Å²) in [6.45, 7) is 1.47. The summed E-state index contributed by atoms with van der Waals surface area (Å²) in [7, 11) is 0. The highest BCUT2D eigenvalue weighted by Gasteiger charge is 2.25. The number of fused-ring (bicyclic) bond motifs is 1. The van der Waals surface area contributed by atoms with Crippen molar-refractivity contribution in [1.82, 2.24) is 0 Å². The minimum Gasteiger partial charge on any atom is -0.480 e. The minimum absolute atomic E-state index is 0.0641. The number of hydrogen-bond acceptors (Lipinski definition) is 4. The van der Waals surface area contributed by atoms with E-state index in [0.717, 1.165) is 5.56 Å². The van der Waals surface area contributed by atoms with Crippen LogP contribution < -0.4 is 5.43 Å². The monoisotopic (exact) mass is 308 g/mol. The van der Waals surface area contributed by atoms with E-state index in [0.29, 0.717) is 11.0 Å². The zero-order valence-corrected chi connectivity index (χ0v) is 12.7. The van der Waals surface area contributed by atoms with Crippen LogP contribution in [0.5, 0.6) is 5.95 Å². The number of aromatic hydroxyl groups is 1. The van der Waals surface area contributed by atoms with Crippen LogP contribution in [-0.4, -0.2) is 10.9 Å². The quantitative estimate of drug-likeness (QED) is 0.799. The van der Waals surface area contributed by atoms with Crippen molar-refractivity contribution in [2.24, 2.45) is 0 Å². The summed E-state index contributed by atoms with van der Waals surface area (Å²) in [6.07, 6.45) is 0.126. The molecule has 0 aliphatic rings. The maximum atomic E-state index is 12.8. The van der Waals surface area contributed by atoms with Crippen LogP contribution in [0.3, 0.4) is 0 Å². The van der Waals surface area contributed by atoms with E-state index in [9.17, 15) is 14.7 Å². The first-order chi connectivity index (χ1) is 11.1. The lowest BCUT2D eigenvalue weighted by atomic mass is 9.87. The van der Waals surface area contributed by atoms with Gasteiger partial charge in [-0.2, -0.15) is 0 Å². The molecule has 3 aromatic rings. The smallest absolute Gasteiger partial charge is 0.290 e. The van der Waals surface area contributed by atoms with Crippen molar-refractivity contribution in [3.63, 3.8) is 0 Å². The predicted octanol–water partition coefficient (Wildman–Crippen LogP) is 3.61. The molecular formula is C19H16O4. The molecule has 0 amide bonds. The third-order valence-electron chi connectivity index (χ3n) is 3.86. The molecule has 0 saturated heterocycles. The van der Waals surface area contributed by atoms with Crippen molar-refractivity contribution >= 4 is 16.8 Å². The van der Waals surface area contributed by atoms with Crippen molar-refractivity contribution < 1.29 is 14.3 Å². The molecule has 0 radical (unpaired) electrons. The van der Waals surface area contributed by atoms with Gasteiger partial charge in [-0.15, -0.1) is 0 Å². The van der Waals surface area contributed by atoms with Gasteiger partial charge in [0.1, 0.15) is 11.4 Å². The molecule has 2 aromatic carbocycles. The van der Waals surface area contributed by atoms with E-state index in [1.54, 1.807) is 24.3 Å². The summed E-state index contributed by atoms with van der Waals surface area (Å²) in [5.74, 6) is -1.02. The van der Waals surface area contributed by atoms with E-state index in [1.165, 1.54) is 6.92 Å². The number of para-hydroxylation sites is 1. The van der Waals surface area contributed by atoms with Crippen LogP contribution >= 0.6 is 0 Å². The van der Waals surface area contributed by atoms with Crippen LogP contribution in [0.2, 0.25) is 0 Å². The lowest BCUT2D eigenvalue weighted by molar-refractivity contribution is -0.117. The molecule has 0 fully saturated rings. The second-order valence-electron chi connectivity index (χ2n) is 5.52. The number of carbonyl (C=O) groups excluding carboxylic acids is 1. The second-order valence-corrected chi connectivity index (χ2v) is 5.52. The average Bonchev–Trinajstić information content (AvgIpc) is 2.54. The first-order valence-electron chi connectivity index (χ1n) is 7.37. The van der Waals surface area contributed by atoms with Crippen molar-refractivity contribution in [3.05, 3.63) is 75.9 Å². The fourth-order valence-corrected chi connectivity index (χ4v) is 2.81. The van der Waals surface area contributed by atoms with E-state index in [-0.39, 0.29) is 23.2 Å². The molecule has 0 saturated carbocycles.